The fourth-order valence-corrected chi connectivity index (χ4v) is 1.75. The van der Waals surface area contributed by atoms with Gasteiger partial charge in [-0.1, -0.05) is 6.07 Å². The molecule has 0 unspecified atom stereocenters. The Hall–Kier alpha value is -1.95. The second-order valence-corrected chi connectivity index (χ2v) is 4.05. The predicted molar refractivity (Wildman–Crippen MR) is 64.5 cm³/mol. The van der Waals surface area contributed by atoms with E-state index in [1.165, 1.54) is 23.1 Å². The smallest absolute Gasteiger partial charge is 0.243 e. The molecule has 2 rings (SSSR count). The van der Waals surface area contributed by atoms with E-state index in [-0.39, 0.29) is 24.9 Å². The molecule has 0 radical (unpaired) electrons. The first-order chi connectivity index (χ1) is 8.65. The van der Waals surface area contributed by atoms with Crippen molar-refractivity contribution in [2.45, 2.75) is 0 Å². The van der Waals surface area contributed by atoms with E-state index >= 15 is 0 Å². The molecule has 1 fully saturated rings. The van der Waals surface area contributed by atoms with Crippen molar-refractivity contribution >= 4 is 17.5 Å². The van der Waals surface area contributed by atoms with Crippen molar-refractivity contribution in [1.82, 2.24) is 10.2 Å². The van der Waals surface area contributed by atoms with Crippen molar-refractivity contribution < 1.29 is 14.0 Å². The molecule has 96 valence electrons. The lowest BCUT2D eigenvalue weighted by Crippen LogP contribution is -2.50. The number of hydrogen-bond donors (Lipinski definition) is 2. The summed E-state index contributed by atoms with van der Waals surface area (Å²) in [5, 5.41) is 5.48. The van der Waals surface area contributed by atoms with Crippen LogP contribution in [0.4, 0.5) is 10.1 Å². The van der Waals surface area contributed by atoms with Crippen LogP contribution in [0.2, 0.25) is 0 Å². The number of nitrogens with zero attached hydrogens (tertiary/aromatic N) is 1. The first kappa shape index (κ1) is 12.5. The van der Waals surface area contributed by atoms with E-state index in [0.717, 1.165) is 0 Å². The van der Waals surface area contributed by atoms with Crippen LogP contribution >= 0.6 is 0 Å². The van der Waals surface area contributed by atoms with E-state index in [2.05, 4.69) is 10.6 Å². The quantitative estimate of drug-likeness (QED) is 0.806. The van der Waals surface area contributed by atoms with Gasteiger partial charge in [-0.15, -0.1) is 0 Å². The summed E-state index contributed by atoms with van der Waals surface area (Å²) in [6, 6.07) is 5.65. The highest BCUT2D eigenvalue weighted by Gasteiger charge is 2.19. The second kappa shape index (κ2) is 5.59. The number of halogens is 1. The number of carbonyl (C=O) groups is 2. The maximum Gasteiger partial charge on any atom is 0.243 e. The molecule has 0 aromatic heterocycles. The maximum atomic E-state index is 12.9. The zero-order valence-corrected chi connectivity index (χ0v) is 9.78. The molecule has 0 saturated carbocycles. The van der Waals surface area contributed by atoms with Gasteiger partial charge in [-0.2, -0.15) is 0 Å². The van der Waals surface area contributed by atoms with E-state index in [9.17, 15) is 14.0 Å². The molecule has 5 nitrogen and oxygen atoms in total. The van der Waals surface area contributed by atoms with Crippen LogP contribution in [0.15, 0.2) is 24.3 Å². The molecule has 1 saturated heterocycles. The van der Waals surface area contributed by atoms with E-state index < -0.39 is 5.82 Å². The lowest BCUT2D eigenvalue weighted by atomic mass is 10.3. The topological polar surface area (TPSA) is 61.4 Å². The normalized spacial score (nSPS) is 15.6. The van der Waals surface area contributed by atoms with Crippen LogP contribution in [-0.4, -0.2) is 42.9 Å². The van der Waals surface area contributed by atoms with Gasteiger partial charge in [0.1, 0.15) is 5.82 Å². The molecule has 1 aromatic rings. The Morgan fingerprint density at radius 3 is 3.06 bits per heavy atom. The first-order valence-corrected chi connectivity index (χ1v) is 5.69. The zero-order valence-electron chi connectivity index (χ0n) is 9.78. The van der Waals surface area contributed by atoms with Crippen LogP contribution in [0.5, 0.6) is 0 Å². The largest absolute Gasteiger partial charge is 0.331 e. The van der Waals surface area contributed by atoms with Gasteiger partial charge >= 0.3 is 0 Å². The number of carbonyl (C=O) groups excluding carboxylic acids is 2. The number of amides is 2. The van der Waals surface area contributed by atoms with Crippen LogP contribution in [0, 0.1) is 5.82 Å². The Morgan fingerprint density at radius 2 is 2.33 bits per heavy atom. The number of anilines is 1. The van der Waals surface area contributed by atoms with Gasteiger partial charge in [0.2, 0.25) is 11.8 Å². The van der Waals surface area contributed by atoms with Crippen LogP contribution in [0.25, 0.3) is 0 Å². The number of benzene rings is 1. The fraction of sp³-hybridized carbons (Fsp3) is 0.333. The number of hydrogen-bond acceptors (Lipinski definition) is 3. The first-order valence-electron chi connectivity index (χ1n) is 5.69. The van der Waals surface area contributed by atoms with E-state index in [4.69, 9.17) is 0 Å². The van der Waals surface area contributed by atoms with Crippen LogP contribution in [-0.2, 0) is 9.59 Å². The molecule has 0 aliphatic carbocycles. The summed E-state index contributed by atoms with van der Waals surface area (Å²) >= 11 is 0. The van der Waals surface area contributed by atoms with Gasteiger partial charge in [0.25, 0.3) is 0 Å². The molecule has 1 aliphatic heterocycles. The number of piperazine rings is 1. The average Bonchev–Trinajstić information content (AvgIpc) is 2.32. The van der Waals surface area contributed by atoms with Crippen molar-refractivity contribution in [1.29, 1.82) is 0 Å². The highest BCUT2D eigenvalue weighted by atomic mass is 19.1. The summed E-state index contributed by atoms with van der Waals surface area (Å²) < 4.78 is 12.9. The third-order valence-electron chi connectivity index (χ3n) is 2.63. The van der Waals surface area contributed by atoms with Crippen molar-refractivity contribution in [3.05, 3.63) is 30.1 Å². The fourth-order valence-electron chi connectivity index (χ4n) is 1.75. The van der Waals surface area contributed by atoms with E-state index in [1.807, 2.05) is 0 Å². The van der Waals surface area contributed by atoms with Crippen molar-refractivity contribution in [2.24, 2.45) is 0 Å². The minimum absolute atomic E-state index is 0.00295. The zero-order chi connectivity index (χ0) is 13.0. The third kappa shape index (κ3) is 3.27. The Labute approximate surface area is 104 Å². The average molecular weight is 251 g/mol. The Kier molecular flexibility index (Phi) is 3.88. The molecule has 1 aromatic carbocycles. The molecule has 2 amide bonds. The highest BCUT2D eigenvalue weighted by molar-refractivity contribution is 5.94. The summed E-state index contributed by atoms with van der Waals surface area (Å²) in [7, 11) is 0. The minimum Gasteiger partial charge on any atom is -0.331 e. The Bertz CT molecular complexity index is 464. The maximum absolute atomic E-state index is 12.9. The van der Waals surface area contributed by atoms with Gasteiger partial charge in [-0.3, -0.25) is 9.59 Å². The lowest BCUT2D eigenvalue weighted by Gasteiger charge is -2.26. The van der Waals surface area contributed by atoms with Crippen LogP contribution in [0.1, 0.15) is 0 Å². The second-order valence-electron chi connectivity index (χ2n) is 4.05. The molecule has 2 N–H and O–H groups in total. The third-order valence-corrected chi connectivity index (χ3v) is 2.63. The molecular weight excluding hydrogens is 237 g/mol. The van der Waals surface area contributed by atoms with E-state index in [1.54, 1.807) is 6.07 Å². The van der Waals surface area contributed by atoms with Crippen LogP contribution in [0.3, 0.4) is 0 Å². The lowest BCUT2D eigenvalue weighted by molar-refractivity contribution is -0.135. The van der Waals surface area contributed by atoms with Gasteiger partial charge in [-0.05, 0) is 18.2 Å². The predicted octanol–water partition coefficient (Wildman–Crippen LogP) is 0.196. The van der Waals surface area contributed by atoms with Crippen molar-refractivity contribution in [3.63, 3.8) is 0 Å². The molecule has 0 spiro atoms. The molecule has 1 heterocycles. The SMILES string of the molecule is O=C(CN1CCNCC1=O)Nc1cccc(F)c1. The highest BCUT2D eigenvalue weighted by Crippen LogP contribution is 2.09. The number of nitrogens with one attached hydrogen (secondary N) is 2. The van der Waals surface area contributed by atoms with Crippen molar-refractivity contribution in [3.8, 4) is 0 Å². The Balaban J connectivity index is 1.90. The van der Waals surface area contributed by atoms with Crippen LogP contribution < -0.4 is 10.6 Å². The van der Waals surface area contributed by atoms with Gasteiger partial charge < -0.3 is 15.5 Å². The minimum atomic E-state index is -0.411. The van der Waals surface area contributed by atoms with Gasteiger partial charge in [0.15, 0.2) is 0 Å². The van der Waals surface area contributed by atoms with Crippen molar-refractivity contribution in [2.75, 3.05) is 31.5 Å². The van der Waals surface area contributed by atoms with Gasteiger partial charge in [0.05, 0.1) is 13.1 Å². The molecule has 6 heteroatoms. The molecule has 1 aliphatic rings. The summed E-state index contributed by atoms with van der Waals surface area (Å²) in [6.07, 6.45) is 0. The van der Waals surface area contributed by atoms with Gasteiger partial charge in [-0.25, -0.2) is 4.39 Å². The summed E-state index contributed by atoms with van der Waals surface area (Å²) in [5.41, 5.74) is 0.391. The number of rotatable bonds is 3. The molecular formula is C12H14FN3O2. The summed E-state index contributed by atoms with van der Waals surface area (Å²) in [6.45, 7) is 1.44. The molecule has 18 heavy (non-hydrogen) atoms. The summed E-state index contributed by atoms with van der Waals surface area (Å²) in [5.74, 6) is -0.836. The van der Waals surface area contributed by atoms with E-state index in [0.29, 0.717) is 18.8 Å². The Morgan fingerprint density at radius 1 is 1.50 bits per heavy atom. The van der Waals surface area contributed by atoms with Gasteiger partial charge in [0, 0.05) is 18.8 Å². The molecule has 0 atom stereocenters. The summed E-state index contributed by atoms with van der Waals surface area (Å²) in [4.78, 5) is 24.6. The molecule has 0 bridgehead atoms. The standard InChI is InChI=1S/C12H14FN3O2/c13-9-2-1-3-10(6-9)15-11(17)8-16-5-4-14-7-12(16)18/h1-3,6,14H,4-5,7-8H2,(H,15,17). The monoisotopic (exact) mass is 251 g/mol.